The summed E-state index contributed by atoms with van der Waals surface area (Å²) in [6, 6.07) is 13.5. The summed E-state index contributed by atoms with van der Waals surface area (Å²) in [7, 11) is 0. The minimum Gasteiger partial charge on any atom is -0.426 e. The van der Waals surface area contributed by atoms with Gasteiger partial charge in [0.15, 0.2) is 0 Å². The van der Waals surface area contributed by atoms with Crippen molar-refractivity contribution < 1.29 is 19.2 Å². The average molecular weight is 335 g/mol. The lowest BCUT2D eigenvalue weighted by Gasteiger charge is -2.13. The van der Waals surface area contributed by atoms with Gasteiger partial charge >= 0.3 is 5.97 Å². The molecule has 23 heavy (non-hydrogen) atoms. The molecule has 0 atom stereocenters. The van der Waals surface area contributed by atoms with E-state index >= 15 is 0 Å². The van der Waals surface area contributed by atoms with Crippen molar-refractivity contribution in [2.45, 2.75) is 6.42 Å². The van der Waals surface area contributed by atoms with Gasteiger partial charge in [0.05, 0.1) is 10.6 Å². The van der Waals surface area contributed by atoms with Crippen LogP contribution in [0, 0.1) is 10.1 Å². The molecular formula is C15H11ClN2O5. The van der Waals surface area contributed by atoms with Gasteiger partial charge in [0.25, 0.3) is 11.6 Å². The van der Waals surface area contributed by atoms with Crippen LogP contribution in [0.25, 0.3) is 0 Å². The molecule has 2 aromatic rings. The van der Waals surface area contributed by atoms with Crippen LogP contribution in [0.3, 0.4) is 0 Å². The maximum Gasteiger partial charge on any atom is 0.320 e. The number of carbonyl (C=O) groups is 2. The van der Waals surface area contributed by atoms with Crippen LogP contribution < -0.4 is 9.16 Å². The number of rotatable bonds is 5. The number of hydrogen-bond donors (Lipinski definition) is 0. The average Bonchev–Trinajstić information content (AvgIpc) is 2.55. The second kappa shape index (κ2) is 7.37. The summed E-state index contributed by atoms with van der Waals surface area (Å²) in [6.07, 6.45) is -0.596. The highest BCUT2D eigenvalue weighted by Crippen LogP contribution is 2.23. The zero-order chi connectivity index (χ0) is 16.8. The van der Waals surface area contributed by atoms with Gasteiger partial charge in [-0.2, -0.15) is 0 Å². The molecule has 1 amide bonds. The number of esters is 1. The monoisotopic (exact) mass is 334 g/mol. The van der Waals surface area contributed by atoms with E-state index in [1.165, 1.54) is 18.2 Å². The van der Waals surface area contributed by atoms with Crippen molar-refractivity contribution in [3.05, 3.63) is 64.7 Å². The topological polar surface area (TPSA) is 89.8 Å². The molecule has 8 heteroatoms. The third kappa shape index (κ3) is 4.52. The van der Waals surface area contributed by atoms with E-state index in [1.54, 1.807) is 30.3 Å². The number of nitro groups is 1. The second-order valence-electron chi connectivity index (χ2n) is 4.42. The smallest absolute Gasteiger partial charge is 0.320 e. The van der Waals surface area contributed by atoms with E-state index in [-0.39, 0.29) is 11.4 Å². The summed E-state index contributed by atoms with van der Waals surface area (Å²) in [6.45, 7) is 0. The molecule has 0 aliphatic rings. The molecular weight excluding hydrogens is 324 g/mol. The molecule has 0 fully saturated rings. The number of nitro benzene ring substituents is 1. The van der Waals surface area contributed by atoms with Crippen LogP contribution in [0.4, 0.5) is 11.4 Å². The van der Waals surface area contributed by atoms with E-state index in [2.05, 4.69) is 0 Å². The fraction of sp³-hybridized carbons (Fsp3) is 0.0667. The quantitative estimate of drug-likeness (QED) is 0.209. The molecule has 0 aliphatic carbocycles. The van der Waals surface area contributed by atoms with Crippen molar-refractivity contribution in [3.8, 4) is 5.75 Å². The summed E-state index contributed by atoms with van der Waals surface area (Å²) in [5.41, 5.74) is -0.119. The molecule has 7 nitrogen and oxygen atoms in total. The van der Waals surface area contributed by atoms with Crippen LogP contribution in [0.5, 0.6) is 5.75 Å². The lowest BCUT2D eigenvalue weighted by Crippen LogP contribution is -2.25. The van der Waals surface area contributed by atoms with Crippen LogP contribution in [-0.4, -0.2) is 16.8 Å². The number of halogens is 1. The van der Waals surface area contributed by atoms with Crippen molar-refractivity contribution in [2.75, 3.05) is 4.42 Å². The normalized spacial score (nSPS) is 9.96. The zero-order valence-corrected chi connectivity index (χ0v) is 12.5. The number of ether oxygens (including phenoxy) is 1. The minimum absolute atomic E-state index is 0.0957. The molecule has 0 bridgehead atoms. The molecule has 2 aromatic carbocycles. The summed E-state index contributed by atoms with van der Waals surface area (Å²) in [5.74, 6) is -1.23. The molecule has 0 N–H and O–H groups in total. The fourth-order valence-corrected chi connectivity index (χ4v) is 1.89. The molecule has 0 aliphatic heterocycles. The lowest BCUT2D eigenvalue weighted by atomic mass is 10.2. The first kappa shape index (κ1) is 16.4. The molecule has 0 saturated heterocycles. The third-order valence-electron chi connectivity index (χ3n) is 2.76. The highest BCUT2D eigenvalue weighted by atomic mass is 35.5. The number of nitrogens with zero attached hydrogens (tertiary/aromatic N) is 2. The zero-order valence-electron chi connectivity index (χ0n) is 11.7. The Morgan fingerprint density at radius 3 is 2.48 bits per heavy atom. The van der Waals surface area contributed by atoms with E-state index in [0.717, 1.165) is 6.07 Å². The fourth-order valence-electron chi connectivity index (χ4n) is 1.72. The van der Waals surface area contributed by atoms with Gasteiger partial charge < -0.3 is 4.74 Å². The van der Waals surface area contributed by atoms with Crippen molar-refractivity contribution in [2.24, 2.45) is 0 Å². The molecule has 0 aromatic heterocycles. The SMILES string of the molecule is O=C(CC(=O)N(Cl)c1cccc([N+](=O)[O-])c1)Oc1ccccc1. The second-order valence-corrected chi connectivity index (χ2v) is 4.75. The van der Waals surface area contributed by atoms with E-state index < -0.39 is 23.2 Å². The Hall–Kier alpha value is -2.93. The molecule has 0 saturated carbocycles. The minimum atomic E-state index is -0.780. The number of amides is 1. The van der Waals surface area contributed by atoms with Crippen LogP contribution in [0.1, 0.15) is 6.42 Å². The van der Waals surface area contributed by atoms with Crippen molar-refractivity contribution >= 4 is 35.0 Å². The number of hydrogen-bond acceptors (Lipinski definition) is 5. The largest absolute Gasteiger partial charge is 0.426 e. The number of carbonyl (C=O) groups excluding carboxylic acids is 2. The van der Waals surface area contributed by atoms with Gasteiger partial charge in [-0.25, -0.2) is 4.42 Å². The van der Waals surface area contributed by atoms with Crippen LogP contribution in [0.15, 0.2) is 54.6 Å². The Balaban J connectivity index is 2.01. The maximum absolute atomic E-state index is 11.9. The van der Waals surface area contributed by atoms with Crippen LogP contribution in [0.2, 0.25) is 0 Å². The first-order valence-corrected chi connectivity index (χ1v) is 6.80. The van der Waals surface area contributed by atoms with E-state index in [4.69, 9.17) is 16.5 Å². The van der Waals surface area contributed by atoms with Gasteiger partial charge in [0.2, 0.25) is 0 Å². The first-order chi connectivity index (χ1) is 11.0. The first-order valence-electron chi connectivity index (χ1n) is 6.46. The standard InChI is InChI=1S/C15H11ClN2O5/c16-17(11-5-4-6-12(9-11)18(21)22)14(19)10-15(20)23-13-7-2-1-3-8-13/h1-9H,10H2. The number of para-hydroxylation sites is 1. The van der Waals surface area contributed by atoms with Gasteiger partial charge in [0, 0.05) is 23.9 Å². The highest BCUT2D eigenvalue weighted by Gasteiger charge is 2.20. The van der Waals surface area contributed by atoms with Gasteiger partial charge in [-0.3, -0.25) is 19.7 Å². The van der Waals surface area contributed by atoms with E-state index in [9.17, 15) is 19.7 Å². The molecule has 0 radical (unpaired) electrons. The Labute approximate surface area is 136 Å². The molecule has 0 heterocycles. The summed E-state index contributed by atoms with van der Waals surface area (Å²) in [5, 5.41) is 10.7. The molecule has 0 unspecified atom stereocenters. The van der Waals surface area contributed by atoms with Gasteiger partial charge in [-0.05, 0) is 18.2 Å². The van der Waals surface area contributed by atoms with E-state index in [1.807, 2.05) is 0 Å². The van der Waals surface area contributed by atoms with Gasteiger partial charge in [0.1, 0.15) is 12.2 Å². The predicted molar refractivity (Wildman–Crippen MR) is 83.1 cm³/mol. The molecule has 118 valence electrons. The van der Waals surface area contributed by atoms with Crippen molar-refractivity contribution in [1.82, 2.24) is 0 Å². The highest BCUT2D eigenvalue weighted by molar-refractivity contribution is 6.37. The van der Waals surface area contributed by atoms with Gasteiger partial charge in [-0.15, -0.1) is 0 Å². The molecule has 0 spiro atoms. The van der Waals surface area contributed by atoms with Crippen LogP contribution >= 0.6 is 11.8 Å². The van der Waals surface area contributed by atoms with Crippen molar-refractivity contribution in [3.63, 3.8) is 0 Å². The number of benzene rings is 2. The third-order valence-corrected chi connectivity index (χ3v) is 3.14. The maximum atomic E-state index is 11.9. The Morgan fingerprint density at radius 2 is 1.83 bits per heavy atom. The van der Waals surface area contributed by atoms with Gasteiger partial charge in [-0.1, -0.05) is 24.3 Å². The Kier molecular flexibility index (Phi) is 5.27. The lowest BCUT2D eigenvalue weighted by molar-refractivity contribution is -0.384. The van der Waals surface area contributed by atoms with E-state index in [0.29, 0.717) is 10.2 Å². The Morgan fingerprint density at radius 1 is 1.13 bits per heavy atom. The molecule has 2 rings (SSSR count). The number of non-ortho nitro benzene ring substituents is 1. The Bertz CT molecular complexity index is 736. The van der Waals surface area contributed by atoms with Crippen LogP contribution in [-0.2, 0) is 9.59 Å². The predicted octanol–water partition coefficient (Wildman–Crippen LogP) is 3.08. The van der Waals surface area contributed by atoms with Crippen molar-refractivity contribution in [1.29, 1.82) is 0 Å². The summed E-state index contributed by atoms with van der Waals surface area (Å²) < 4.78 is 5.63. The number of anilines is 1. The summed E-state index contributed by atoms with van der Waals surface area (Å²) in [4.78, 5) is 33.7. The summed E-state index contributed by atoms with van der Waals surface area (Å²) >= 11 is 5.83.